The Kier molecular flexibility index (Phi) is 6.50. The van der Waals surface area contributed by atoms with Crippen LogP contribution in [0.5, 0.6) is 0 Å². The maximum Gasteiger partial charge on any atom is 0.501 e. The Morgan fingerprint density at radius 1 is 1.22 bits per heavy atom. The number of Topliss-reactive ketones (excluding diaryl/α,β-unsaturated/α-hetero) is 1. The van der Waals surface area contributed by atoms with Gasteiger partial charge in [0.2, 0.25) is 0 Å². The Morgan fingerprint density at radius 3 is 2.41 bits per heavy atom. The summed E-state index contributed by atoms with van der Waals surface area (Å²) in [5, 5.41) is 2.18. The van der Waals surface area contributed by atoms with Crippen molar-refractivity contribution in [1.82, 2.24) is 5.32 Å². The molecule has 0 spiro atoms. The first-order valence-electron chi connectivity index (χ1n) is 8.49. The van der Waals surface area contributed by atoms with E-state index in [4.69, 9.17) is 5.73 Å². The second kappa shape index (κ2) is 8.28. The van der Waals surface area contributed by atoms with Gasteiger partial charge in [-0.3, -0.25) is 4.79 Å². The van der Waals surface area contributed by atoms with Crippen LogP contribution in [0.4, 0.5) is 18.0 Å². The molecule has 0 aliphatic heterocycles. The lowest BCUT2D eigenvalue weighted by Gasteiger charge is -2.21. The van der Waals surface area contributed by atoms with Gasteiger partial charge in [-0.05, 0) is 30.0 Å². The zero-order valence-corrected chi connectivity index (χ0v) is 15.3. The molecule has 1 aromatic rings. The number of carbonyl (C=O) groups is 2. The zero-order chi connectivity index (χ0) is 20.2. The Bertz CT molecular complexity index is 803. The van der Waals surface area contributed by atoms with Crippen molar-refractivity contribution in [3.8, 4) is 0 Å². The molecule has 1 aliphatic rings. The molecule has 10 heteroatoms. The van der Waals surface area contributed by atoms with Crippen LogP contribution in [-0.2, 0) is 14.6 Å². The summed E-state index contributed by atoms with van der Waals surface area (Å²) in [7, 11) is -5.51. The molecule has 3 N–H and O–H groups in total. The minimum atomic E-state index is -5.51. The third kappa shape index (κ3) is 5.21. The maximum atomic E-state index is 12.8. The highest BCUT2D eigenvalue weighted by Gasteiger charge is 2.47. The third-order valence-electron chi connectivity index (χ3n) is 4.74. The number of hydrogen-bond donors (Lipinski definition) is 2. The molecule has 1 aromatic carbocycles. The van der Waals surface area contributed by atoms with Crippen LogP contribution in [0.2, 0.25) is 0 Å². The molecule has 0 heterocycles. The van der Waals surface area contributed by atoms with Crippen LogP contribution in [-0.4, -0.2) is 32.3 Å². The topological polar surface area (TPSA) is 106 Å². The predicted molar refractivity (Wildman–Crippen MR) is 91.6 cm³/mol. The minimum Gasteiger partial charge on any atom is -0.352 e. The van der Waals surface area contributed by atoms with E-state index in [1.165, 1.54) is 12.1 Å². The minimum absolute atomic E-state index is 0.184. The molecule has 1 saturated carbocycles. The number of nitrogens with one attached hydrogen (secondary N) is 1. The molecular weight excluding hydrogens is 385 g/mol. The number of carbonyl (C=O) groups excluding carboxylic acids is 2. The first-order valence-corrected chi connectivity index (χ1v) is 9.98. The number of benzene rings is 1. The van der Waals surface area contributed by atoms with Gasteiger partial charge in [0.25, 0.3) is 9.84 Å². The lowest BCUT2D eigenvalue weighted by molar-refractivity contribution is -0.119. The summed E-state index contributed by atoms with van der Waals surface area (Å²) in [6.07, 6.45) is 4.19. The summed E-state index contributed by atoms with van der Waals surface area (Å²) in [6, 6.07) is 3.47. The van der Waals surface area contributed by atoms with E-state index in [9.17, 15) is 31.2 Å². The van der Waals surface area contributed by atoms with Gasteiger partial charge < -0.3 is 11.1 Å². The molecule has 1 atom stereocenters. The molecule has 0 saturated heterocycles. The van der Waals surface area contributed by atoms with Crippen molar-refractivity contribution < 1.29 is 31.2 Å². The molecule has 1 aliphatic carbocycles. The molecule has 2 rings (SSSR count). The summed E-state index contributed by atoms with van der Waals surface area (Å²) in [5.74, 6) is -1.03. The van der Waals surface area contributed by atoms with E-state index in [-0.39, 0.29) is 18.0 Å². The molecule has 0 aromatic heterocycles. The van der Waals surface area contributed by atoms with E-state index in [0.29, 0.717) is 6.42 Å². The fourth-order valence-electron chi connectivity index (χ4n) is 3.36. The Hall–Kier alpha value is -2.10. The SMILES string of the molecule is NC(=O)NCC(=O)C(CC1CCCC1)c1cccc(S(=O)(=O)C(F)(F)F)c1. The fraction of sp³-hybridized carbons (Fsp3) is 0.529. The van der Waals surface area contributed by atoms with Crippen LogP contribution in [0.25, 0.3) is 0 Å². The van der Waals surface area contributed by atoms with E-state index < -0.39 is 38.0 Å². The van der Waals surface area contributed by atoms with Gasteiger partial charge >= 0.3 is 11.5 Å². The number of alkyl halides is 3. The summed E-state index contributed by atoms with van der Waals surface area (Å²) in [5.41, 5.74) is -0.277. The zero-order valence-electron chi connectivity index (χ0n) is 14.5. The van der Waals surface area contributed by atoms with Crippen molar-refractivity contribution in [2.75, 3.05) is 6.54 Å². The standard InChI is InChI=1S/C17H21F3N2O4S/c18-17(19,20)27(25,26)13-7-3-6-12(9-13)14(8-11-4-1-2-5-11)15(23)10-22-16(21)24/h3,6-7,9,11,14H,1-2,4-5,8,10H2,(H3,21,22,24). The molecule has 0 radical (unpaired) electrons. The lowest BCUT2D eigenvalue weighted by Crippen LogP contribution is -2.36. The van der Waals surface area contributed by atoms with Crippen molar-refractivity contribution in [3.05, 3.63) is 29.8 Å². The van der Waals surface area contributed by atoms with E-state index in [1.54, 1.807) is 0 Å². The number of sulfone groups is 1. The number of halogens is 3. The first kappa shape index (κ1) is 21.2. The number of hydrogen-bond acceptors (Lipinski definition) is 4. The molecular formula is C17H21F3N2O4S. The average Bonchev–Trinajstić information content (AvgIpc) is 3.10. The largest absolute Gasteiger partial charge is 0.501 e. The van der Waals surface area contributed by atoms with Crippen LogP contribution in [0.1, 0.15) is 43.6 Å². The van der Waals surface area contributed by atoms with Crippen molar-refractivity contribution in [2.24, 2.45) is 11.7 Å². The Balaban J connectivity index is 2.35. The van der Waals surface area contributed by atoms with Crippen LogP contribution in [0.15, 0.2) is 29.2 Å². The van der Waals surface area contributed by atoms with Gasteiger partial charge in [-0.2, -0.15) is 13.2 Å². The number of nitrogens with two attached hydrogens (primary N) is 1. The van der Waals surface area contributed by atoms with Gasteiger partial charge in [-0.25, -0.2) is 13.2 Å². The fourth-order valence-corrected chi connectivity index (χ4v) is 4.18. The number of urea groups is 1. The van der Waals surface area contributed by atoms with Crippen molar-refractivity contribution in [1.29, 1.82) is 0 Å². The smallest absolute Gasteiger partial charge is 0.352 e. The molecule has 6 nitrogen and oxygen atoms in total. The molecule has 27 heavy (non-hydrogen) atoms. The summed E-state index contributed by atoms with van der Waals surface area (Å²) in [4.78, 5) is 22.5. The van der Waals surface area contributed by atoms with Crippen LogP contribution >= 0.6 is 0 Å². The van der Waals surface area contributed by atoms with Gasteiger partial charge in [0.15, 0.2) is 5.78 Å². The monoisotopic (exact) mass is 406 g/mol. The van der Waals surface area contributed by atoms with Gasteiger partial charge in [0, 0.05) is 5.92 Å². The van der Waals surface area contributed by atoms with Gasteiger partial charge in [-0.15, -0.1) is 0 Å². The van der Waals surface area contributed by atoms with E-state index >= 15 is 0 Å². The van der Waals surface area contributed by atoms with E-state index in [0.717, 1.165) is 37.8 Å². The Morgan fingerprint density at radius 2 is 1.85 bits per heavy atom. The maximum absolute atomic E-state index is 12.8. The average molecular weight is 406 g/mol. The van der Waals surface area contributed by atoms with E-state index in [2.05, 4.69) is 5.32 Å². The molecule has 150 valence electrons. The summed E-state index contributed by atoms with van der Waals surface area (Å²) >= 11 is 0. The number of rotatable bonds is 7. The second-order valence-electron chi connectivity index (χ2n) is 6.64. The first-order chi connectivity index (χ1) is 12.5. The predicted octanol–water partition coefficient (Wildman–Crippen LogP) is 2.88. The highest BCUT2D eigenvalue weighted by atomic mass is 32.2. The summed E-state index contributed by atoms with van der Waals surface area (Å²) in [6.45, 7) is -0.372. The molecule has 1 unspecified atom stereocenters. The normalized spacial score (nSPS) is 16.9. The van der Waals surface area contributed by atoms with Crippen molar-refractivity contribution >= 4 is 21.7 Å². The molecule has 0 bridgehead atoms. The number of amides is 2. The van der Waals surface area contributed by atoms with Crippen LogP contribution in [0.3, 0.4) is 0 Å². The lowest BCUT2D eigenvalue weighted by atomic mass is 9.85. The molecule has 1 fully saturated rings. The number of ketones is 1. The van der Waals surface area contributed by atoms with Crippen molar-refractivity contribution in [2.45, 2.75) is 48.4 Å². The Labute approximate surface area is 155 Å². The van der Waals surface area contributed by atoms with Crippen molar-refractivity contribution in [3.63, 3.8) is 0 Å². The highest BCUT2D eigenvalue weighted by molar-refractivity contribution is 7.92. The van der Waals surface area contributed by atoms with Crippen LogP contribution in [0, 0.1) is 5.92 Å². The van der Waals surface area contributed by atoms with Crippen LogP contribution < -0.4 is 11.1 Å². The van der Waals surface area contributed by atoms with E-state index in [1.807, 2.05) is 0 Å². The molecule has 2 amide bonds. The highest BCUT2D eigenvalue weighted by Crippen LogP contribution is 2.36. The van der Waals surface area contributed by atoms with Gasteiger partial charge in [-0.1, -0.05) is 37.8 Å². The van der Waals surface area contributed by atoms with Gasteiger partial charge in [0.1, 0.15) is 0 Å². The summed E-state index contributed by atoms with van der Waals surface area (Å²) < 4.78 is 61.8. The van der Waals surface area contributed by atoms with Gasteiger partial charge in [0.05, 0.1) is 11.4 Å². The second-order valence-corrected chi connectivity index (χ2v) is 8.59. The quantitative estimate of drug-likeness (QED) is 0.726. The third-order valence-corrected chi connectivity index (χ3v) is 6.23. The number of primary amides is 1.